The van der Waals surface area contributed by atoms with Crippen LogP contribution in [-0.4, -0.2) is 24.8 Å². The number of hydrogen-bond donors (Lipinski definition) is 1. The average molecular weight is 232 g/mol. The number of hydrogen-bond acceptors (Lipinski definition) is 3. The zero-order valence-electron chi connectivity index (χ0n) is 10.3. The first kappa shape index (κ1) is 13.3. The third kappa shape index (κ3) is 2.86. The molecule has 0 amide bonds. The van der Waals surface area contributed by atoms with Crippen LogP contribution < -0.4 is 0 Å². The van der Waals surface area contributed by atoms with Crippen LogP contribution in [0.25, 0.3) is 0 Å². The van der Waals surface area contributed by atoms with Crippen LogP contribution in [0.5, 0.6) is 0 Å². The number of aliphatic hydroxyl groups is 1. The summed E-state index contributed by atoms with van der Waals surface area (Å²) in [7, 11) is 1.37. The van der Waals surface area contributed by atoms with Crippen molar-refractivity contribution in [3.8, 4) is 11.8 Å². The lowest BCUT2D eigenvalue weighted by Gasteiger charge is -2.23. The van der Waals surface area contributed by atoms with E-state index in [4.69, 9.17) is 9.84 Å². The minimum absolute atomic E-state index is 0.201. The maximum absolute atomic E-state index is 11.7. The van der Waals surface area contributed by atoms with Crippen LogP contribution in [0.4, 0.5) is 0 Å². The number of ether oxygens (including phenoxy) is 1. The van der Waals surface area contributed by atoms with E-state index in [9.17, 15) is 4.79 Å². The molecule has 0 aliphatic heterocycles. The van der Waals surface area contributed by atoms with Gasteiger partial charge in [-0.1, -0.05) is 30.0 Å². The van der Waals surface area contributed by atoms with Gasteiger partial charge in [0.15, 0.2) is 0 Å². The molecule has 3 nitrogen and oxygen atoms in total. The predicted molar refractivity (Wildman–Crippen MR) is 65.4 cm³/mol. The fourth-order valence-corrected chi connectivity index (χ4v) is 1.64. The van der Waals surface area contributed by atoms with Crippen molar-refractivity contribution in [2.24, 2.45) is 0 Å². The molecular weight excluding hydrogens is 216 g/mol. The summed E-state index contributed by atoms with van der Waals surface area (Å²) < 4.78 is 4.79. The van der Waals surface area contributed by atoms with E-state index in [0.29, 0.717) is 0 Å². The van der Waals surface area contributed by atoms with E-state index in [1.807, 2.05) is 24.3 Å². The van der Waals surface area contributed by atoms with Gasteiger partial charge >= 0.3 is 5.97 Å². The zero-order chi connectivity index (χ0) is 12.9. The molecule has 0 aliphatic rings. The molecule has 1 aromatic carbocycles. The van der Waals surface area contributed by atoms with Crippen molar-refractivity contribution >= 4 is 5.97 Å². The summed E-state index contributed by atoms with van der Waals surface area (Å²) in [5, 5.41) is 8.71. The van der Waals surface area contributed by atoms with Gasteiger partial charge in [-0.25, -0.2) is 0 Å². The van der Waals surface area contributed by atoms with Crippen LogP contribution in [0.3, 0.4) is 0 Å². The molecule has 0 heterocycles. The van der Waals surface area contributed by atoms with Gasteiger partial charge in [-0.3, -0.25) is 4.79 Å². The molecule has 1 N–H and O–H groups in total. The molecule has 0 aromatic heterocycles. The molecule has 0 spiro atoms. The van der Waals surface area contributed by atoms with Gasteiger partial charge in [-0.05, 0) is 25.5 Å². The van der Waals surface area contributed by atoms with E-state index in [-0.39, 0.29) is 12.6 Å². The van der Waals surface area contributed by atoms with Crippen molar-refractivity contribution in [3.63, 3.8) is 0 Å². The molecule has 90 valence electrons. The third-order valence-corrected chi connectivity index (χ3v) is 2.60. The van der Waals surface area contributed by atoms with E-state index in [0.717, 1.165) is 11.1 Å². The van der Waals surface area contributed by atoms with Gasteiger partial charge in [0.1, 0.15) is 6.61 Å². The number of carbonyl (C=O) groups excluding carboxylic acids is 1. The molecule has 0 bridgehead atoms. The molecule has 1 rings (SSSR count). The monoisotopic (exact) mass is 232 g/mol. The van der Waals surface area contributed by atoms with Crippen molar-refractivity contribution in [2.45, 2.75) is 19.3 Å². The Balaban J connectivity index is 3.26. The Morgan fingerprint density at radius 1 is 1.41 bits per heavy atom. The zero-order valence-corrected chi connectivity index (χ0v) is 10.3. The lowest BCUT2D eigenvalue weighted by atomic mass is 9.82. The first-order valence-corrected chi connectivity index (χ1v) is 5.31. The van der Waals surface area contributed by atoms with Crippen LogP contribution in [0, 0.1) is 11.8 Å². The Bertz CT molecular complexity index is 464. The predicted octanol–water partition coefficient (Wildman–Crippen LogP) is 1.48. The molecule has 0 fully saturated rings. The van der Waals surface area contributed by atoms with Gasteiger partial charge in [0.05, 0.1) is 12.5 Å². The number of esters is 1. The number of benzene rings is 1. The van der Waals surface area contributed by atoms with Crippen LogP contribution in [-0.2, 0) is 14.9 Å². The Morgan fingerprint density at radius 2 is 2.06 bits per heavy atom. The quantitative estimate of drug-likeness (QED) is 0.620. The summed E-state index contributed by atoms with van der Waals surface area (Å²) in [6.45, 7) is 3.38. The van der Waals surface area contributed by atoms with Crippen LogP contribution >= 0.6 is 0 Å². The van der Waals surface area contributed by atoms with E-state index >= 15 is 0 Å². The lowest BCUT2D eigenvalue weighted by molar-refractivity contribution is -0.146. The highest BCUT2D eigenvalue weighted by Crippen LogP contribution is 2.27. The molecule has 0 saturated heterocycles. The van der Waals surface area contributed by atoms with Crippen molar-refractivity contribution in [1.82, 2.24) is 0 Å². The number of aliphatic hydroxyl groups excluding tert-OH is 1. The first-order valence-electron chi connectivity index (χ1n) is 5.31. The van der Waals surface area contributed by atoms with E-state index in [2.05, 4.69) is 11.8 Å². The SMILES string of the molecule is COC(=O)C(C)(C)c1ccccc1C#CCO. The molecule has 3 heteroatoms. The molecule has 0 aliphatic carbocycles. The summed E-state index contributed by atoms with van der Waals surface area (Å²) in [6.07, 6.45) is 0. The van der Waals surface area contributed by atoms with Crippen molar-refractivity contribution < 1.29 is 14.6 Å². The highest BCUT2D eigenvalue weighted by molar-refractivity contribution is 5.83. The number of methoxy groups -OCH3 is 1. The Morgan fingerprint density at radius 3 is 2.65 bits per heavy atom. The molecule has 0 unspecified atom stereocenters. The fourth-order valence-electron chi connectivity index (χ4n) is 1.64. The Kier molecular flexibility index (Phi) is 4.30. The van der Waals surface area contributed by atoms with Crippen molar-refractivity contribution in [2.75, 3.05) is 13.7 Å². The minimum Gasteiger partial charge on any atom is -0.468 e. The van der Waals surface area contributed by atoms with Gasteiger partial charge < -0.3 is 9.84 Å². The molecule has 1 aromatic rings. The third-order valence-electron chi connectivity index (χ3n) is 2.60. The molecule has 17 heavy (non-hydrogen) atoms. The average Bonchev–Trinajstić information content (AvgIpc) is 2.35. The van der Waals surface area contributed by atoms with E-state index in [1.54, 1.807) is 13.8 Å². The van der Waals surface area contributed by atoms with Gasteiger partial charge in [-0.2, -0.15) is 0 Å². The second-order valence-electron chi connectivity index (χ2n) is 4.12. The lowest BCUT2D eigenvalue weighted by Crippen LogP contribution is -2.31. The van der Waals surface area contributed by atoms with Crippen molar-refractivity contribution in [3.05, 3.63) is 35.4 Å². The van der Waals surface area contributed by atoms with Crippen LogP contribution in [0.2, 0.25) is 0 Å². The summed E-state index contributed by atoms with van der Waals surface area (Å²) in [5.74, 6) is 5.12. The fraction of sp³-hybridized carbons (Fsp3) is 0.357. The summed E-state index contributed by atoms with van der Waals surface area (Å²) in [4.78, 5) is 11.7. The molecule has 0 radical (unpaired) electrons. The Hall–Kier alpha value is -1.79. The molecule has 0 atom stereocenters. The van der Waals surface area contributed by atoms with Crippen LogP contribution in [0.15, 0.2) is 24.3 Å². The first-order chi connectivity index (χ1) is 8.04. The van der Waals surface area contributed by atoms with E-state index in [1.165, 1.54) is 7.11 Å². The largest absolute Gasteiger partial charge is 0.468 e. The van der Waals surface area contributed by atoms with Crippen molar-refractivity contribution in [1.29, 1.82) is 0 Å². The maximum atomic E-state index is 11.7. The standard InChI is InChI=1S/C14H16O3/c1-14(2,13(16)17-3)12-9-5-4-7-11(12)8-6-10-15/h4-5,7,9,15H,10H2,1-3H3. The van der Waals surface area contributed by atoms with Gasteiger partial charge in [0, 0.05) is 5.56 Å². The number of rotatable bonds is 2. The minimum atomic E-state index is -0.754. The smallest absolute Gasteiger partial charge is 0.315 e. The van der Waals surface area contributed by atoms with Gasteiger partial charge in [0.25, 0.3) is 0 Å². The van der Waals surface area contributed by atoms with E-state index < -0.39 is 5.41 Å². The molecular formula is C14H16O3. The van der Waals surface area contributed by atoms with Gasteiger partial charge in [-0.15, -0.1) is 0 Å². The summed E-state index contributed by atoms with van der Waals surface area (Å²) in [6, 6.07) is 7.36. The maximum Gasteiger partial charge on any atom is 0.315 e. The topological polar surface area (TPSA) is 46.5 Å². The highest BCUT2D eigenvalue weighted by Gasteiger charge is 2.32. The normalized spacial score (nSPS) is 10.4. The second-order valence-corrected chi connectivity index (χ2v) is 4.12. The molecule has 0 saturated carbocycles. The summed E-state index contributed by atoms with van der Waals surface area (Å²) >= 11 is 0. The van der Waals surface area contributed by atoms with Crippen LogP contribution in [0.1, 0.15) is 25.0 Å². The second kappa shape index (κ2) is 5.51. The number of carbonyl (C=O) groups is 1. The summed E-state index contributed by atoms with van der Waals surface area (Å²) in [5.41, 5.74) is 0.778. The highest BCUT2D eigenvalue weighted by atomic mass is 16.5. The Labute approximate surface area is 101 Å². The van der Waals surface area contributed by atoms with Gasteiger partial charge in [0.2, 0.25) is 0 Å².